The molecule has 0 atom stereocenters. The molecule has 0 saturated heterocycles. The Balaban J connectivity index is 2.65. The lowest BCUT2D eigenvalue weighted by atomic mass is 10.1. The van der Waals surface area contributed by atoms with Crippen LogP contribution in [-0.4, -0.2) is 4.98 Å². The average Bonchev–Trinajstić information content (AvgIpc) is 2.51. The molecule has 0 fully saturated rings. The monoisotopic (exact) mass is 155 g/mol. The molecule has 1 heterocycles. The summed E-state index contributed by atoms with van der Waals surface area (Å²) in [4.78, 5) is 3.06. The van der Waals surface area contributed by atoms with Crippen molar-refractivity contribution in [3.8, 4) is 11.8 Å². The van der Waals surface area contributed by atoms with Crippen LogP contribution in [0.4, 0.5) is 0 Å². The van der Waals surface area contributed by atoms with E-state index in [9.17, 15) is 0 Å². The average molecular weight is 155 g/mol. The van der Waals surface area contributed by atoms with Gasteiger partial charge in [-0.25, -0.2) is 0 Å². The quantitative estimate of drug-likeness (QED) is 0.563. The summed E-state index contributed by atoms with van der Waals surface area (Å²) in [5, 5.41) is 2.45. The summed E-state index contributed by atoms with van der Waals surface area (Å²) >= 11 is 0. The maximum absolute atomic E-state index is 3.06. The maximum Gasteiger partial charge on any atom is 0.0252 e. The number of hydrogen-bond acceptors (Lipinski definition) is 0. The minimum Gasteiger partial charge on any atom is -0.366 e. The third-order valence-corrected chi connectivity index (χ3v) is 1.83. The topological polar surface area (TPSA) is 15.8 Å². The van der Waals surface area contributed by atoms with Gasteiger partial charge in [-0.3, -0.25) is 0 Å². The molecular formula is C11H9N. The molecule has 0 amide bonds. The number of aromatic amines is 1. The number of H-pyrrole nitrogens is 1. The van der Waals surface area contributed by atoms with E-state index in [1.54, 1.807) is 0 Å². The van der Waals surface area contributed by atoms with E-state index >= 15 is 0 Å². The van der Waals surface area contributed by atoms with Gasteiger partial charge in [-0.05, 0) is 24.4 Å². The summed E-state index contributed by atoms with van der Waals surface area (Å²) < 4.78 is 0. The molecule has 0 aliphatic heterocycles. The van der Waals surface area contributed by atoms with Crippen LogP contribution in [-0.2, 0) is 0 Å². The molecule has 2 rings (SSSR count). The third-order valence-electron chi connectivity index (χ3n) is 1.83. The standard InChI is InChI=1S/C11H9N/c1-2-3-9-4-5-10-7-12-8-11(10)6-9/h4-8,12H,1H3. The van der Waals surface area contributed by atoms with E-state index in [0.717, 1.165) is 5.56 Å². The summed E-state index contributed by atoms with van der Waals surface area (Å²) in [6.45, 7) is 1.85. The molecule has 58 valence electrons. The zero-order valence-corrected chi connectivity index (χ0v) is 6.89. The van der Waals surface area contributed by atoms with Crippen LogP contribution in [0.5, 0.6) is 0 Å². The highest BCUT2D eigenvalue weighted by Gasteiger charge is 1.93. The highest BCUT2D eigenvalue weighted by molar-refractivity contribution is 5.83. The molecule has 12 heavy (non-hydrogen) atoms. The van der Waals surface area contributed by atoms with Crippen LogP contribution in [0.15, 0.2) is 30.6 Å². The van der Waals surface area contributed by atoms with Gasteiger partial charge in [0.25, 0.3) is 0 Å². The fourth-order valence-corrected chi connectivity index (χ4v) is 1.27. The molecule has 1 nitrogen and oxygen atoms in total. The summed E-state index contributed by atoms with van der Waals surface area (Å²) in [7, 11) is 0. The van der Waals surface area contributed by atoms with Crippen LogP contribution in [0.3, 0.4) is 0 Å². The predicted octanol–water partition coefficient (Wildman–Crippen LogP) is 2.54. The molecule has 0 saturated carbocycles. The van der Waals surface area contributed by atoms with Gasteiger partial charge in [-0.1, -0.05) is 12.0 Å². The smallest absolute Gasteiger partial charge is 0.0252 e. The summed E-state index contributed by atoms with van der Waals surface area (Å²) in [5.41, 5.74) is 1.07. The van der Waals surface area contributed by atoms with Crippen molar-refractivity contribution >= 4 is 10.8 Å². The lowest BCUT2D eigenvalue weighted by molar-refractivity contribution is 1.43. The second-order valence-electron chi connectivity index (χ2n) is 2.67. The van der Waals surface area contributed by atoms with Gasteiger partial charge in [0.1, 0.15) is 0 Å². The van der Waals surface area contributed by atoms with E-state index in [4.69, 9.17) is 0 Å². The molecule has 0 radical (unpaired) electrons. The fourth-order valence-electron chi connectivity index (χ4n) is 1.27. The number of rotatable bonds is 0. The fraction of sp³-hybridized carbons (Fsp3) is 0.0909. The molecule has 1 heteroatoms. The summed E-state index contributed by atoms with van der Waals surface area (Å²) in [6, 6.07) is 6.19. The zero-order chi connectivity index (χ0) is 8.39. The second-order valence-corrected chi connectivity index (χ2v) is 2.67. The first-order valence-electron chi connectivity index (χ1n) is 3.89. The molecule has 0 bridgehead atoms. The van der Waals surface area contributed by atoms with Crippen molar-refractivity contribution in [2.24, 2.45) is 0 Å². The Kier molecular flexibility index (Phi) is 1.60. The number of aromatic nitrogens is 1. The van der Waals surface area contributed by atoms with E-state index in [0.29, 0.717) is 0 Å². The highest BCUT2D eigenvalue weighted by atomic mass is 14.6. The maximum atomic E-state index is 3.06. The highest BCUT2D eigenvalue weighted by Crippen LogP contribution is 2.14. The van der Waals surface area contributed by atoms with Gasteiger partial charge in [0.15, 0.2) is 0 Å². The number of fused-ring (bicyclic) bond motifs is 1. The molecule has 1 N–H and O–H groups in total. The van der Waals surface area contributed by atoms with Gasteiger partial charge in [0, 0.05) is 23.3 Å². The van der Waals surface area contributed by atoms with Crippen LogP contribution < -0.4 is 0 Å². The molecule has 1 aromatic heterocycles. The van der Waals surface area contributed by atoms with Crippen molar-refractivity contribution in [2.45, 2.75) is 6.92 Å². The summed E-state index contributed by atoms with van der Waals surface area (Å²) in [6.07, 6.45) is 3.97. The Morgan fingerprint density at radius 3 is 2.83 bits per heavy atom. The third kappa shape index (κ3) is 1.08. The summed E-state index contributed by atoms with van der Waals surface area (Å²) in [5.74, 6) is 5.91. The van der Waals surface area contributed by atoms with Crippen LogP contribution in [0.25, 0.3) is 10.8 Å². The Labute approximate surface area is 71.4 Å². The van der Waals surface area contributed by atoms with E-state index in [-0.39, 0.29) is 0 Å². The van der Waals surface area contributed by atoms with Crippen LogP contribution in [0.1, 0.15) is 12.5 Å². The van der Waals surface area contributed by atoms with Gasteiger partial charge >= 0.3 is 0 Å². The van der Waals surface area contributed by atoms with Gasteiger partial charge in [0.05, 0.1) is 0 Å². The first-order chi connectivity index (χ1) is 5.90. The van der Waals surface area contributed by atoms with Crippen LogP contribution in [0, 0.1) is 11.8 Å². The first kappa shape index (κ1) is 7.00. The normalized spacial score (nSPS) is 9.42. The minimum atomic E-state index is 1.07. The molecule has 1 aromatic carbocycles. The Morgan fingerprint density at radius 1 is 1.17 bits per heavy atom. The van der Waals surface area contributed by atoms with Gasteiger partial charge in [-0.15, -0.1) is 5.92 Å². The number of nitrogens with one attached hydrogen (secondary N) is 1. The Hall–Kier alpha value is -1.68. The number of hydrogen-bond donors (Lipinski definition) is 1. The molecule has 0 unspecified atom stereocenters. The van der Waals surface area contributed by atoms with Crippen LogP contribution >= 0.6 is 0 Å². The molecule has 0 aliphatic rings. The van der Waals surface area contributed by atoms with Crippen molar-refractivity contribution in [2.75, 3.05) is 0 Å². The van der Waals surface area contributed by atoms with E-state index in [1.165, 1.54) is 10.8 Å². The lowest BCUT2D eigenvalue weighted by Gasteiger charge is -1.90. The molecular weight excluding hydrogens is 146 g/mol. The molecule has 2 aromatic rings. The van der Waals surface area contributed by atoms with Crippen molar-refractivity contribution in [1.82, 2.24) is 4.98 Å². The van der Waals surface area contributed by atoms with Crippen molar-refractivity contribution in [3.05, 3.63) is 36.2 Å². The van der Waals surface area contributed by atoms with Gasteiger partial charge < -0.3 is 4.98 Å². The Morgan fingerprint density at radius 2 is 2.00 bits per heavy atom. The zero-order valence-electron chi connectivity index (χ0n) is 6.89. The van der Waals surface area contributed by atoms with Gasteiger partial charge in [0.2, 0.25) is 0 Å². The van der Waals surface area contributed by atoms with Gasteiger partial charge in [-0.2, -0.15) is 0 Å². The first-order valence-corrected chi connectivity index (χ1v) is 3.89. The number of benzene rings is 1. The van der Waals surface area contributed by atoms with Crippen molar-refractivity contribution < 1.29 is 0 Å². The van der Waals surface area contributed by atoms with Crippen molar-refractivity contribution in [3.63, 3.8) is 0 Å². The van der Waals surface area contributed by atoms with E-state index in [2.05, 4.69) is 29.0 Å². The SMILES string of the molecule is CC#Cc1ccc2c[nH]cc2c1. The predicted molar refractivity (Wildman–Crippen MR) is 50.9 cm³/mol. The molecule has 0 spiro atoms. The Bertz CT molecular complexity index is 454. The lowest BCUT2D eigenvalue weighted by Crippen LogP contribution is -1.71. The van der Waals surface area contributed by atoms with E-state index < -0.39 is 0 Å². The van der Waals surface area contributed by atoms with Crippen LogP contribution in [0.2, 0.25) is 0 Å². The minimum absolute atomic E-state index is 1.07. The second kappa shape index (κ2) is 2.75. The van der Waals surface area contributed by atoms with E-state index in [1.807, 2.05) is 25.4 Å². The largest absolute Gasteiger partial charge is 0.366 e. The molecule has 0 aliphatic carbocycles. The van der Waals surface area contributed by atoms with Crippen molar-refractivity contribution in [1.29, 1.82) is 0 Å².